The number of carbonyl (C=O) groups excluding carboxylic acids is 2. The molecule has 0 saturated carbocycles. The van der Waals surface area contributed by atoms with Gasteiger partial charge in [0.15, 0.2) is 0 Å². The maximum Gasteiger partial charge on any atom is 0.255 e. The van der Waals surface area contributed by atoms with E-state index in [2.05, 4.69) is 22.5 Å². The van der Waals surface area contributed by atoms with Gasteiger partial charge in [-0.05, 0) is 73.2 Å². The molecule has 4 rings (SSSR count). The van der Waals surface area contributed by atoms with E-state index in [0.717, 1.165) is 23.7 Å². The lowest BCUT2D eigenvalue weighted by Crippen LogP contribution is -2.12. The second-order valence-electron chi connectivity index (χ2n) is 7.40. The van der Waals surface area contributed by atoms with E-state index in [1.807, 2.05) is 18.2 Å². The normalized spacial score (nSPS) is 16.0. The molecule has 0 saturated heterocycles. The molecule has 0 spiro atoms. The van der Waals surface area contributed by atoms with Gasteiger partial charge in [-0.15, -0.1) is 0 Å². The van der Waals surface area contributed by atoms with Crippen molar-refractivity contribution in [2.24, 2.45) is 5.92 Å². The quantitative estimate of drug-likeness (QED) is 0.642. The first kappa shape index (κ1) is 17.3. The molecule has 0 unspecified atom stereocenters. The molecule has 138 valence electrons. The van der Waals surface area contributed by atoms with E-state index in [-0.39, 0.29) is 11.8 Å². The summed E-state index contributed by atoms with van der Waals surface area (Å²) >= 11 is 0. The molecule has 1 heterocycles. The van der Waals surface area contributed by atoms with Crippen molar-refractivity contribution in [3.63, 3.8) is 0 Å². The minimum Gasteiger partial charge on any atom is -0.358 e. The fourth-order valence-electron chi connectivity index (χ4n) is 3.78. The predicted molar refractivity (Wildman–Crippen MR) is 108 cm³/mol. The molecule has 0 aliphatic heterocycles. The highest BCUT2D eigenvalue weighted by Gasteiger charge is 2.20. The molecule has 3 N–H and O–H groups in total. The number of benzene rings is 2. The fourth-order valence-corrected chi connectivity index (χ4v) is 3.78. The SMILES string of the molecule is CC(=O)Nc1ccc(NC(=O)c2ccc3[nH]c4c(c3c2)C[C@@H](C)CC4)cc1. The number of hydrogen-bond donors (Lipinski definition) is 3. The Bertz CT molecular complexity index is 1020. The number of fused-ring (bicyclic) bond motifs is 3. The summed E-state index contributed by atoms with van der Waals surface area (Å²) in [6, 6.07) is 12.9. The summed E-state index contributed by atoms with van der Waals surface area (Å²) in [4.78, 5) is 27.3. The van der Waals surface area contributed by atoms with Gasteiger partial charge in [0, 0.05) is 40.5 Å². The predicted octanol–water partition coefficient (Wildman–Crippen LogP) is 4.50. The van der Waals surface area contributed by atoms with Crippen molar-refractivity contribution in [2.75, 3.05) is 10.6 Å². The van der Waals surface area contributed by atoms with Crippen LogP contribution in [0.1, 0.15) is 41.9 Å². The maximum absolute atomic E-state index is 12.7. The Morgan fingerprint density at radius 2 is 1.74 bits per heavy atom. The second-order valence-corrected chi connectivity index (χ2v) is 7.40. The molecule has 0 radical (unpaired) electrons. The fraction of sp³-hybridized carbons (Fsp3) is 0.273. The van der Waals surface area contributed by atoms with Gasteiger partial charge in [-0.2, -0.15) is 0 Å². The number of anilines is 2. The molecule has 2 aromatic carbocycles. The highest BCUT2D eigenvalue weighted by atomic mass is 16.2. The van der Waals surface area contributed by atoms with Crippen molar-refractivity contribution in [1.29, 1.82) is 0 Å². The van der Waals surface area contributed by atoms with Crippen LogP contribution in [0.15, 0.2) is 42.5 Å². The van der Waals surface area contributed by atoms with Gasteiger partial charge in [-0.1, -0.05) is 6.92 Å². The van der Waals surface area contributed by atoms with Crippen LogP contribution >= 0.6 is 0 Å². The largest absolute Gasteiger partial charge is 0.358 e. The van der Waals surface area contributed by atoms with Gasteiger partial charge in [0.25, 0.3) is 5.91 Å². The summed E-state index contributed by atoms with van der Waals surface area (Å²) in [7, 11) is 0. The first-order valence-corrected chi connectivity index (χ1v) is 9.32. The topological polar surface area (TPSA) is 74.0 Å². The van der Waals surface area contributed by atoms with Gasteiger partial charge < -0.3 is 15.6 Å². The molecule has 5 nitrogen and oxygen atoms in total. The third-order valence-corrected chi connectivity index (χ3v) is 5.16. The van der Waals surface area contributed by atoms with Crippen molar-refractivity contribution in [2.45, 2.75) is 33.1 Å². The van der Waals surface area contributed by atoms with Gasteiger partial charge in [0.2, 0.25) is 5.91 Å². The van der Waals surface area contributed by atoms with Crippen molar-refractivity contribution < 1.29 is 9.59 Å². The van der Waals surface area contributed by atoms with Gasteiger partial charge in [-0.3, -0.25) is 9.59 Å². The summed E-state index contributed by atoms with van der Waals surface area (Å²) in [5.74, 6) is 0.420. The van der Waals surface area contributed by atoms with Crippen molar-refractivity contribution >= 4 is 34.1 Å². The smallest absolute Gasteiger partial charge is 0.255 e. The number of carbonyl (C=O) groups is 2. The molecule has 1 atom stereocenters. The molecule has 1 aliphatic carbocycles. The van der Waals surface area contributed by atoms with Crippen molar-refractivity contribution in [3.05, 3.63) is 59.3 Å². The molecule has 5 heteroatoms. The van der Waals surface area contributed by atoms with Crippen molar-refractivity contribution in [1.82, 2.24) is 4.98 Å². The van der Waals surface area contributed by atoms with E-state index in [1.54, 1.807) is 24.3 Å². The van der Waals surface area contributed by atoms with Gasteiger partial charge in [0.05, 0.1) is 0 Å². The Hall–Kier alpha value is -3.08. The minimum atomic E-state index is -0.136. The number of aromatic nitrogens is 1. The number of nitrogens with one attached hydrogen (secondary N) is 3. The second kappa shape index (κ2) is 6.91. The van der Waals surface area contributed by atoms with Gasteiger partial charge in [-0.25, -0.2) is 0 Å². The van der Waals surface area contributed by atoms with Crippen LogP contribution in [0, 0.1) is 5.92 Å². The summed E-state index contributed by atoms with van der Waals surface area (Å²) in [6.07, 6.45) is 3.35. The number of rotatable bonds is 3. The monoisotopic (exact) mass is 361 g/mol. The lowest BCUT2D eigenvalue weighted by atomic mass is 9.87. The van der Waals surface area contributed by atoms with E-state index in [9.17, 15) is 9.59 Å². The molecular weight excluding hydrogens is 338 g/mol. The van der Waals surface area contributed by atoms with Gasteiger partial charge >= 0.3 is 0 Å². The zero-order chi connectivity index (χ0) is 19.0. The van der Waals surface area contributed by atoms with Crippen LogP contribution in [-0.4, -0.2) is 16.8 Å². The van der Waals surface area contributed by atoms with Crippen LogP contribution in [0.2, 0.25) is 0 Å². The number of hydrogen-bond acceptors (Lipinski definition) is 2. The zero-order valence-corrected chi connectivity index (χ0v) is 15.6. The van der Waals surface area contributed by atoms with E-state index < -0.39 is 0 Å². The van der Waals surface area contributed by atoms with Crippen LogP contribution in [-0.2, 0) is 17.6 Å². The average molecular weight is 361 g/mol. The molecule has 3 aromatic rings. The molecule has 2 amide bonds. The Kier molecular flexibility index (Phi) is 4.44. The van der Waals surface area contributed by atoms with E-state index >= 15 is 0 Å². The first-order chi connectivity index (χ1) is 13.0. The van der Waals surface area contributed by atoms with Crippen LogP contribution in [0.3, 0.4) is 0 Å². The van der Waals surface area contributed by atoms with E-state index in [4.69, 9.17) is 0 Å². The highest BCUT2D eigenvalue weighted by Crippen LogP contribution is 2.32. The maximum atomic E-state index is 12.7. The summed E-state index contributed by atoms with van der Waals surface area (Å²) in [5, 5.41) is 6.79. The Labute approximate surface area is 158 Å². The van der Waals surface area contributed by atoms with Crippen molar-refractivity contribution in [3.8, 4) is 0 Å². The lowest BCUT2D eigenvalue weighted by molar-refractivity contribution is -0.114. The molecule has 0 bridgehead atoms. The van der Waals surface area contributed by atoms with E-state index in [0.29, 0.717) is 22.9 Å². The standard InChI is InChI=1S/C22H23N3O2/c1-13-3-9-20-18(11-13)19-12-15(4-10-21(19)25-20)22(27)24-17-7-5-16(6-8-17)23-14(2)26/h4-8,10,12-13,25H,3,9,11H2,1-2H3,(H,23,26)(H,24,27)/t13-/m0/s1. The minimum absolute atomic E-state index is 0.121. The third kappa shape index (κ3) is 3.58. The summed E-state index contributed by atoms with van der Waals surface area (Å²) in [6.45, 7) is 3.75. The Morgan fingerprint density at radius 3 is 2.44 bits per heavy atom. The van der Waals surface area contributed by atoms with Crippen LogP contribution in [0.25, 0.3) is 10.9 Å². The highest BCUT2D eigenvalue weighted by molar-refractivity contribution is 6.06. The Morgan fingerprint density at radius 1 is 1.04 bits per heavy atom. The van der Waals surface area contributed by atoms with Gasteiger partial charge in [0.1, 0.15) is 0 Å². The summed E-state index contributed by atoms with van der Waals surface area (Å²) in [5.41, 5.74) is 5.82. The molecule has 1 aromatic heterocycles. The van der Waals surface area contributed by atoms with Crippen LogP contribution in [0.4, 0.5) is 11.4 Å². The molecule has 1 aliphatic rings. The zero-order valence-electron chi connectivity index (χ0n) is 15.6. The number of amides is 2. The number of H-pyrrole nitrogens is 1. The molecule has 27 heavy (non-hydrogen) atoms. The number of aryl methyl sites for hydroxylation is 1. The first-order valence-electron chi connectivity index (χ1n) is 9.32. The Balaban J connectivity index is 1.56. The van der Waals surface area contributed by atoms with E-state index in [1.165, 1.54) is 24.6 Å². The summed E-state index contributed by atoms with van der Waals surface area (Å²) < 4.78 is 0. The lowest BCUT2D eigenvalue weighted by Gasteiger charge is -2.18. The average Bonchev–Trinajstić information content (AvgIpc) is 3.00. The van der Waals surface area contributed by atoms with Crippen LogP contribution in [0.5, 0.6) is 0 Å². The molecule has 0 fully saturated rings. The molecular formula is C22H23N3O2. The number of aromatic amines is 1. The van der Waals surface area contributed by atoms with Crippen LogP contribution < -0.4 is 10.6 Å². The third-order valence-electron chi connectivity index (χ3n) is 5.16.